The molecule has 0 bridgehead atoms. The van der Waals surface area contributed by atoms with E-state index in [1.165, 1.54) is 24.6 Å². The van der Waals surface area contributed by atoms with Crippen molar-refractivity contribution < 1.29 is 0 Å². The minimum atomic E-state index is 0.588. The van der Waals surface area contributed by atoms with Crippen molar-refractivity contribution in [2.75, 3.05) is 5.33 Å². The first-order chi connectivity index (χ1) is 6.48. The lowest BCUT2D eigenvalue weighted by molar-refractivity contribution is 0.120. The van der Waals surface area contributed by atoms with Crippen LogP contribution in [0, 0.1) is 28.6 Å². The van der Waals surface area contributed by atoms with Crippen molar-refractivity contribution in [3.8, 4) is 0 Å². The summed E-state index contributed by atoms with van der Waals surface area (Å²) in [4.78, 5) is 0. The summed E-state index contributed by atoms with van der Waals surface area (Å²) < 4.78 is 0. The number of rotatable bonds is 1. The van der Waals surface area contributed by atoms with Crippen LogP contribution in [0.1, 0.15) is 47.0 Å². The molecule has 82 valence electrons. The smallest absolute Gasteiger partial charge is 0.00706 e. The quantitative estimate of drug-likeness (QED) is 0.609. The van der Waals surface area contributed by atoms with E-state index >= 15 is 0 Å². The van der Waals surface area contributed by atoms with Gasteiger partial charge in [0.1, 0.15) is 0 Å². The van der Waals surface area contributed by atoms with Crippen LogP contribution in [0.2, 0.25) is 0 Å². The van der Waals surface area contributed by atoms with Gasteiger partial charge >= 0.3 is 0 Å². The van der Waals surface area contributed by atoms with Crippen molar-refractivity contribution in [3.63, 3.8) is 0 Å². The summed E-state index contributed by atoms with van der Waals surface area (Å²) >= 11 is 3.71. The van der Waals surface area contributed by atoms with E-state index < -0.39 is 0 Å². The van der Waals surface area contributed by atoms with Crippen LogP contribution in [0.3, 0.4) is 0 Å². The van der Waals surface area contributed by atoms with Crippen LogP contribution in [0.4, 0.5) is 0 Å². The molecule has 4 atom stereocenters. The summed E-state index contributed by atoms with van der Waals surface area (Å²) in [7, 11) is 0. The highest BCUT2D eigenvalue weighted by Crippen LogP contribution is 2.77. The fourth-order valence-corrected chi connectivity index (χ4v) is 5.82. The maximum Gasteiger partial charge on any atom is 0.00706 e. The molecule has 4 unspecified atom stereocenters. The van der Waals surface area contributed by atoms with E-state index in [1.807, 2.05) is 0 Å². The molecule has 0 nitrogen and oxygen atoms in total. The van der Waals surface area contributed by atoms with Crippen LogP contribution in [-0.4, -0.2) is 5.33 Å². The molecule has 0 aromatic carbocycles. The Balaban J connectivity index is 2.24. The van der Waals surface area contributed by atoms with Gasteiger partial charge in [-0.25, -0.2) is 0 Å². The zero-order valence-electron chi connectivity index (χ0n) is 9.94. The second kappa shape index (κ2) is 3.23. The maximum absolute atomic E-state index is 3.71. The first kappa shape index (κ1) is 11.0. The lowest BCUT2D eigenvalue weighted by Gasteiger charge is -2.37. The SMILES string of the molecule is CC1CCCC2(C1C)C(CBr)C2(C)C. The highest BCUT2D eigenvalue weighted by molar-refractivity contribution is 9.09. The zero-order valence-corrected chi connectivity index (χ0v) is 11.5. The Morgan fingerprint density at radius 2 is 1.93 bits per heavy atom. The van der Waals surface area contributed by atoms with E-state index in [-0.39, 0.29) is 0 Å². The minimum absolute atomic E-state index is 0.588. The van der Waals surface area contributed by atoms with E-state index in [0.29, 0.717) is 10.8 Å². The molecule has 0 saturated heterocycles. The molecule has 0 amide bonds. The lowest BCUT2D eigenvalue weighted by Crippen LogP contribution is -2.29. The van der Waals surface area contributed by atoms with Crippen molar-refractivity contribution in [2.45, 2.75) is 47.0 Å². The van der Waals surface area contributed by atoms with E-state index in [2.05, 4.69) is 43.6 Å². The molecule has 0 radical (unpaired) electrons. The lowest BCUT2D eigenvalue weighted by atomic mass is 9.67. The molecule has 1 spiro atoms. The number of halogens is 1. The normalized spacial score (nSPS) is 50.8. The zero-order chi connectivity index (χ0) is 10.6. The Bertz CT molecular complexity index is 233. The minimum Gasteiger partial charge on any atom is -0.0925 e. The van der Waals surface area contributed by atoms with Crippen LogP contribution in [-0.2, 0) is 0 Å². The van der Waals surface area contributed by atoms with Crippen LogP contribution >= 0.6 is 15.9 Å². The Hall–Kier alpha value is 0.480. The first-order valence-electron chi connectivity index (χ1n) is 6.04. The molecule has 2 fully saturated rings. The molecule has 2 saturated carbocycles. The fourth-order valence-electron chi connectivity index (χ4n) is 4.43. The fraction of sp³-hybridized carbons (Fsp3) is 1.00. The molecule has 0 aliphatic heterocycles. The molecular weight excluding hydrogens is 236 g/mol. The topological polar surface area (TPSA) is 0 Å². The van der Waals surface area contributed by atoms with Crippen molar-refractivity contribution >= 4 is 15.9 Å². The van der Waals surface area contributed by atoms with Gasteiger partial charge in [-0.2, -0.15) is 0 Å². The third kappa shape index (κ3) is 1.11. The average Bonchev–Trinajstić information content (AvgIpc) is 2.59. The molecule has 14 heavy (non-hydrogen) atoms. The highest BCUT2D eigenvalue weighted by atomic mass is 79.9. The number of alkyl halides is 1. The van der Waals surface area contributed by atoms with E-state index in [9.17, 15) is 0 Å². The van der Waals surface area contributed by atoms with Gasteiger partial charge in [0.15, 0.2) is 0 Å². The highest BCUT2D eigenvalue weighted by Gasteiger charge is 2.72. The Morgan fingerprint density at radius 1 is 1.29 bits per heavy atom. The molecule has 2 aliphatic carbocycles. The Morgan fingerprint density at radius 3 is 2.43 bits per heavy atom. The number of hydrogen-bond donors (Lipinski definition) is 0. The van der Waals surface area contributed by atoms with E-state index in [1.54, 1.807) is 0 Å². The Labute approximate surface area is 97.0 Å². The average molecular weight is 259 g/mol. The van der Waals surface area contributed by atoms with Gasteiger partial charge < -0.3 is 0 Å². The predicted octanol–water partition coefficient (Wildman–Crippen LogP) is 4.48. The third-order valence-corrected chi connectivity index (χ3v) is 6.33. The van der Waals surface area contributed by atoms with E-state index in [4.69, 9.17) is 0 Å². The second-order valence-electron chi connectivity index (χ2n) is 6.13. The molecule has 1 heteroatoms. The van der Waals surface area contributed by atoms with Gasteiger partial charge in [-0.1, -0.05) is 56.5 Å². The summed E-state index contributed by atoms with van der Waals surface area (Å²) in [6, 6.07) is 0. The van der Waals surface area contributed by atoms with Crippen LogP contribution < -0.4 is 0 Å². The number of hydrogen-bond acceptors (Lipinski definition) is 0. The van der Waals surface area contributed by atoms with Crippen molar-refractivity contribution in [1.29, 1.82) is 0 Å². The van der Waals surface area contributed by atoms with Crippen LogP contribution in [0.25, 0.3) is 0 Å². The second-order valence-corrected chi connectivity index (χ2v) is 6.77. The van der Waals surface area contributed by atoms with Crippen molar-refractivity contribution in [3.05, 3.63) is 0 Å². The maximum atomic E-state index is 3.71. The largest absolute Gasteiger partial charge is 0.0925 e. The van der Waals surface area contributed by atoms with Gasteiger partial charge in [-0.05, 0) is 35.0 Å². The van der Waals surface area contributed by atoms with Gasteiger partial charge in [0.25, 0.3) is 0 Å². The van der Waals surface area contributed by atoms with Crippen LogP contribution in [0.5, 0.6) is 0 Å². The van der Waals surface area contributed by atoms with Gasteiger partial charge in [-0.3, -0.25) is 0 Å². The summed E-state index contributed by atoms with van der Waals surface area (Å²) in [6.07, 6.45) is 4.38. The molecule has 0 aromatic heterocycles. The molecule has 0 N–H and O–H groups in total. The molecule has 2 rings (SSSR count). The Kier molecular flexibility index (Phi) is 2.54. The summed E-state index contributed by atoms with van der Waals surface area (Å²) in [5.41, 5.74) is 1.26. The van der Waals surface area contributed by atoms with Gasteiger partial charge in [-0.15, -0.1) is 0 Å². The molecular formula is C13H23Br. The van der Waals surface area contributed by atoms with Crippen LogP contribution in [0.15, 0.2) is 0 Å². The van der Waals surface area contributed by atoms with Gasteiger partial charge in [0.05, 0.1) is 0 Å². The van der Waals surface area contributed by atoms with Crippen molar-refractivity contribution in [2.24, 2.45) is 28.6 Å². The first-order valence-corrected chi connectivity index (χ1v) is 7.16. The summed E-state index contributed by atoms with van der Waals surface area (Å²) in [6.45, 7) is 9.90. The monoisotopic (exact) mass is 258 g/mol. The standard InChI is InChI=1S/C13H23Br/c1-9-6-5-7-13(10(9)2)11(8-14)12(13,3)4/h9-11H,5-8H2,1-4H3. The van der Waals surface area contributed by atoms with E-state index in [0.717, 1.165) is 17.8 Å². The predicted molar refractivity (Wildman–Crippen MR) is 65.7 cm³/mol. The van der Waals surface area contributed by atoms with Gasteiger partial charge in [0.2, 0.25) is 0 Å². The summed E-state index contributed by atoms with van der Waals surface area (Å²) in [5, 5.41) is 1.21. The third-order valence-electron chi connectivity index (χ3n) is 5.68. The summed E-state index contributed by atoms with van der Waals surface area (Å²) in [5.74, 6) is 2.79. The molecule has 0 aromatic rings. The van der Waals surface area contributed by atoms with Crippen molar-refractivity contribution in [1.82, 2.24) is 0 Å². The van der Waals surface area contributed by atoms with Gasteiger partial charge in [0, 0.05) is 5.33 Å². The molecule has 0 heterocycles. The molecule has 2 aliphatic rings.